The van der Waals surface area contributed by atoms with Crippen LogP contribution in [0.1, 0.15) is 35.6 Å². The maximum Gasteiger partial charge on any atom is 0.416 e. The second-order valence-electron chi connectivity index (χ2n) is 7.37. The van der Waals surface area contributed by atoms with Gasteiger partial charge in [0.15, 0.2) is 6.17 Å². The van der Waals surface area contributed by atoms with Crippen molar-refractivity contribution in [1.82, 2.24) is 5.01 Å². The fourth-order valence-corrected chi connectivity index (χ4v) is 3.44. The standard InChI is InChI=1S/C24H17F3N4O/c1-15-2-5-19(17-8-10-20(11-9-17)24(25,26)27)12-22-29-21(13-23(32)31(22)30-15)18-6-3-16(14-28)4-7-18/h2-12,22H,13H2,1H3. The van der Waals surface area contributed by atoms with Crippen molar-refractivity contribution in [1.29, 1.82) is 5.26 Å². The molecule has 8 heteroatoms. The molecule has 0 fully saturated rings. The highest BCUT2D eigenvalue weighted by atomic mass is 19.4. The van der Waals surface area contributed by atoms with Crippen LogP contribution in [0.25, 0.3) is 5.57 Å². The first kappa shape index (κ1) is 21.2. The molecule has 2 aliphatic heterocycles. The summed E-state index contributed by atoms with van der Waals surface area (Å²) < 4.78 is 38.8. The molecule has 0 saturated heterocycles. The van der Waals surface area contributed by atoms with Gasteiger partial charge in [0.05, 0.1) is 35.0 Å². The van der Waals surface area contributed by atoms with E-state index in [0.29, 0.717) is 28.1 Å². The van der Waals surface area contributed by atoms with Crippen molar-refractivity contribution in [2.24, 2.45) is 10.1 Å². The Hall–Kier alpha value is -3.99. The minimum Gasteiger partial charge on any atom is -0.272 e. The minimum absolute atomic E-state index is 0.0480. The van der Waals surface area contributed by atoms with Gasteiger partial charge in [-0.3, -0.25) is 9.79 Å². The molecule has 0 saturated carbocycles. The number of hydrazone groups is 1. The van der Waals surface area contributed by atoms with E-state index < -0.39 is 17.9 Å². The van der Waals surface area contributed by atoms with Crippen molar-refractivity contribution < 1.29 is 18.0 Å². The summed E-state index contributed by atoms with van der Waals surface area (Å²) in [5, 5.41) is 14.6. The number of rotatable bonds is 2. The zero-order chi connectivity index (χ0) is 22.9. The zero-order valence-corrected chi connectivity index (χ0v) is 17.0. The first-order valence-electron chi connectivity index (χ1n) is 9.76. The van der Waals surface area contributed by atoms with Gasteiger partial charge in [-0.05, 0) is 60.0 Å². The topological polar surface area (TPSA) is 68.8 Å². The van der Waals surface area contributed by atoms with Crippen LogP contribution in [0.2, 0.25) is 0 Å². The van der Waals surface area contributed by atoms with Crippen LogP contribution >= 0.6 is 0 Å². The lowest BCUT2D eigenvalue weighted by Crippen LogP contribution is -2.41. The Bertz CT molecular complexity index is 1210. The predicted octanol–water partition coefficient (Wildman–Crippen LogP) is 4.95. The molecular weight excluding hydrogens is 417 g/mol. The lowest BCUT2D eigenvalue weighted by Gasteiger charge is -2.29. The summed E-state index contributed by atoms with van der Waals surface area (Å²) in [5.74, 6) is -0.248. The van der Waals surface area contributed by atoms with Gasteiger partial charge in [0.2, 0.25) is 0 Å². The maximum absolute atomic E-state index is 12.9. The first-order chi connectivity index (χ1) is 15.2. The monoisotopic (exact) mass is 434 g/mol. The van der Waals surface area contributed by atoms with Crippen LogP contribution in [0.3, 0.4) is 0 Å². The molecule has 0 radical (unpaired) electrons. The van der Waals surface area contributed by atoms with E-state index in [2.05, 4.69) is 5.10 Å². The molecule has 2 aromatic carbocycles. The Morgan fingerprint density at radius 1 is 1.03 bits per heavy atom. The van der Waals surface area contributed by atoms with Gasteiger partial charge in [-0.2, -0.15) is 23.5 Å². The van der Waals surface area contributed by atoms with Gasteiger partial charge < -0.3 is 0 Å². The summed E-state index contributed by atoms with van der Waals surface area (Å²) in [6.45, 7) is 1.73. The first-order valence-corrected chi connectivity index (χ1v) is 9.76. The molecule has 0 aromatic heterocycles. The van der Waals surface area contributed by atoms with Crippen molar-refractivity contribution in [2.45, 2.75) is 25.7 Å². The van der Waals surface area contributed by atoms with Crippen LogP contribution < -0.4 is 0 Å². The minimum atomic E-state index is -4.42. The Balaban J connectivity index is 1.76. The van der Waals surface area contributed by atoms with E-state index in [9.17, 15) is 18.0 Å². The van der Waals surface area contributed by atoms with Gasteiger partial charge >= 0.3 is 6.18 Å². The highest BCUT2D eigenvalue weighted by Gasteiger charge is 2.31. The Kier molecular flexibility index (Phi) is 5.49. The molecule has 2 heterocycles. The lowest BCUT2D eigenvalue weighted by molar-refractivity contribution is -0.137. The third-order valence-electron chi connectivity index (χ3n) is 5.10. The second kappa shape index (κ2) is 8.27. The lowest BCUT2D eigenvalue weighted by atomic mass is 9.99. The summed E-state index contributed by atoms with van der Waals surface area (Å²) in [6.07, 6.45) is 0.0304. The van der Waals surface area contributed by atoms with E-state index in [1.54, 1.807) is 49.4 Å². The molecule has 4 rings (SSSR count). The molecule has 32 heavy (non-hydrogen) atoms. The number of fused-ring (bicyclic) bond motifs is 1. The van der Waals surface area contributed by atoms with Gasteiger partial charge in [0.25, 0.3) is 5.91 Å². The molecule has 0 N–H and O–H groups in total. The number of aliphatic imine (C=N–C) groups is 1. The molecular formula is C24H17F3N4O. The maximum atomic E-state index is 12.9. The molecule has 5 nitrogen and oxygen atoms in total. The van der Waals surface area contributed by atoms with Gasteiger partial charge in [-0.1, -0.05) is 30.3 Å². The average Bonchev–Trinajstić information content (AvgIpc) is 2.76. The van der Waals surface area contributed by atoms with Crippen molar-refractivity contribution in [3.8, 4) is 6.07 Å². The molecule has 0 aliphatic carbocycles. The molecule has 2 aromatic rings. The number of hydrogen-bond donors (Lipinski definition) is 0. The normalized spacial score (nSPS) is 18.6. The highest BCUT2D eigenvalue weighted by Crippen LogP contribution is 2.31. The van der Waals surface area contributed by atoms with E-state index >= 15 is 0 Å². The van der Waals surface area contributed by atoms with Crippen molar-refractivity contribution >= 4 is 22.9 Å². The van der Waals surface area contributed by atoms with Gasteiger partial charge in [0.1, 0.15) is 0 Å². The van der Waals surface area contributed by atoms with Crippen molar-refractivity contribution in [3.05, 3.63) is 89.0 Å². The summed E-state index contributed by atoms with van der Waals surface area (Å²) in [7, 11) is 0. The summed E-state index contributed by atoms with van der Waals surface area (Å²) in [4.78, 5) is 17.5. The fraction of sp³-hybridized carbons (Fsp3) is 0.167. The summed E-state index contributed by atoms with van der Waals surface area (Å²) >= 11 is 0. The average molecular weight is 434 g/mol. The van der Waals surface area contributed by atoms with Crippen LogP contribution in [0.4, 0.5) is 13.2 Å². The molecule has 0 spiro atoms. The van der Waals surface area contributed by atoms with Crippen molar-refractivity contribution in [2.75, 3.05) is 0 Å². The number of nitriles is 1. The largest absolute Gasteiger partial charge is 0.416 e. The van der Waals surface area contributed by atoms with E-state index in [4.69, 9.17) is 10.3 Å². The number of carbonyl (C=O) groups excluding carboxylic acids is 1. The Morgan fingerprint density at radius 3 is 2.31 bits per heavy atom. The van der Waals surface area contributed by atoms with Crippen molar-refractivity contribution in [3.63, 3.8) is 0 Å². The quantitative estimate of drug-likeness (QED) is 0.671. The number of alkyl halides is 3. The Labute approximate surface area is 182 Å². The molecule has 1 atom stereocenters. The number of hydrogen-bond acceptors (Lipinski definition) is 4. The molecule has 1 unspecified atom stereocenters. The van der Waals surface area contributed by atoms with Gasteiger partial charge in [-0.15, -0.1) is 0 Å². The van der Waals surface area contributed by atoms with Crippen LogP contribution in [-0.4, -0.2) is 28.5 Å². The van der Waals surface area contributed by atoms with Crippen LogP contribution in [-0.2, 0) is 11.0 Å². The number of halogens is 3. The number of benzene rings is 2. The molecule has 0 bridgehead atoms. The zero-order valence-electron chi connectivity index (χ0n) is 17.0. The van der Waals surface area contributed by atoms with E-state index in [1.807, 2.05) is 6.07 Å². The van der Waals surface area contributed by atoms with E-state index in [0.717, 1.165) is 17.7 Å². The number of amides is 1. The fourth-order valence-electron chi connectivity index (χ4n) is 3.44. The Morgan fingerprint density at radius 2 is 1.69 bits per heavy atom. The SMILES string of the molecule is CC1=NN2C(=O)CC(c3ccc(C#N)cc3)=NC2C=C(c2ccc(C(F)(F)F)cc2)C=C1. The van der Waals surface area contributed by atoms with E-state index in [-0.39, 0.29) is 12.3 Å². The molecule has 1 amide bonds. The van der Waals surface area contributed by atoms with Gasteiger partial charge in [-0.25, -0.2) is 5.01 Å². The molecule has 160 valence electrons. The number of nitrogens with zero attached hydrogens (tertiary/aromatic N) is 4. The van der Waals surface area contributed by atoms with Gasteiger partial charge in [0, 0.05) is 0 Å². The van der Waals surface area contributed by atoms with Crippen LogP contribution in [0.5, 0.6) is 0 Å². The number of allylic oxidation sites excluding steroid dienone is 3. The smallest absolute Gasteiger partial charge is 0.272 e. The third-order valence-corrected chi connectivity index (χ3v) is 5.10. The predicted molar refractivity (Wildman–Crippen MR) is 115 cm³/mol. The summed E-state index contributed by atoms with van der Waals surface area (Å²) in [5.41, 5.74) is 2.81. The second-order valence-corrected chi connectivity index (χ2v) is 7.37. The third kappa shape index (κ3) is 4.37. The van der Waals surface area contributed by atoms with Crippen LogP contribution in [0, 0.1) is 11.3 Å². The van der Waals surface area contributed by atoms with E-state index in [1.165, 1.54) is 17.1 Å². The summed E-state index contributed by atoms with van der Waals surface area (Å²) in [6, 6.07) is 13.7. The highest BCUT2D eigenvalue weighted by molar-refractivity contribution is 6.12. The number of carbonyl (C=O) groups is 1. The molecule has 2 aliphatic rings. The van der Waals surface area contributed by atoms with Crippen LogP contribution in [0.15, 0.2) is 76.9 Å².